The number of amides is 1. The van der Waals surface area contributed by atoms with Crippen LogP contribution in [0, 0.1) is 12.7 Å². The van der Waals surface area contributed by atoms with E-state index in [0.717, 1.165) is 5.56 Å². The maximum Gasteiger partial charge on any atom is 0.254 e. The van der Waals surface area contributed by atoms with Gasteiger partial charge in [-0.2, -0.15) is 0 Å². The number of benzene rings is 1. The third-order valence-corrected chi connectivity index (χ3v) is 4.18. The third-order valence-electron chi connectivity index (χ3n) is 4.18. The molecular formula is C18H19FN2O3. The molecule has 0 aliphatic carbocycles. The predicted octanol–water partition coefficient (Wildman–Crippen LogP) is 2.49. The molecule has 0 radical (unpaired) electrons. The van der Waals surface area contributed by atoms with E-state index in [4.69, 9.17) is 4.74 Å². The van der Waals surface area contributed by atoms with Crippen LogP contribution in [-0.2, 0) is 0 Å². The highest BCUT2D eigenvalue weighted by Crippen LogP contribution is 2.33. The van der Waals surface area contributed by atoms with Crippen molar-refractivity contribution in [1.82, 2.24) is 9.88 Å². The molecule has 24 heavy (non-hydrogen) atoms. The Morgan fingerprint density at radius 3 is 2.71 bits per heavy atom. The first-order valence-corrected chi connectivity index (χ1v) is 7.75. The fraction of sp³-hybridized carbons (Fsp3) is 0.333. The van der Waals surface area contributed by atoms with Crippen LogP contribution in [-0.4, -0.2) is 40.7 Å². The molecule has 5 nitrogen and oxygen atoms in total. The molecule has 0 bridgehead atoms. The molecule has 0 spiro atoms. The molecule has 3 rings (SSSR count). The number of aromatic nitrogens is 1. The second kappa shape index (κ2) is 6.57. The van der Waals surface area contributed by atoms with E-state index in [1.165, 1.54) is 19.2 Å². The fourth-order valence-corrected chi connectivity index (χ4v) is 3.07. The summed E-state index contributed by atoms with van der Waals surface area (Å²) in [4.78, 5) is 18.7. The largest absolute Gasteiger partial charge is 0.481 e. The Hall–Kier alpha value is -2.47. The molecule has 1 fully saturated rings. The van der Waals surface area contributed by atoms with E-state index in [1.807, 2.05) is 0 Å². The lowest BCUT2D eigenvalue weighted by molar-refractivity contribution is 0.0715. The quantitative estimate of drug-likeness (QED) is 0.939. The molecule has 2 aromatic rings. The van der Waals surface area contributed by atoms with Crippen LogP contribution in [0.25, 0.3) is 0 Å². The minimum Gasteiger partial charge on any atom is -0.481 e. The minimum absolute atomic E-state index is 0.204. The molecule has 6 heteroatoms. The average molecular weight is 330 g/mol. The molecule has 1 aliphatic rings. The van der Waals surface area contributed by atoms with Gasteiger partial charge in [0.05, 0.1) is 19.3 Å². The number of β-amino-alcohol motifs (C(OH)–C–C–N with tert-alkyl or cyclic N) is 1. The molecule has 126 valence electrons. The van der Waals surface area contributed by atoms with E-state index in [2.05, 4.69) is 4.98 Å². The zero-order valence-corrected chi connectivity index (χ0v) is 13.6. The lowest BCUT2D eigenvalue weighted by atomic mass is 10.0. The van der Waals surface area contributed by atoms with Crippen molar-refractivity contribution >= 4 is 5.91 Å². The first-order valence-electron chi connectivity index (χ1n) is 7.75. The van der Waals surface area contributed by atoms with Gasteiger partial charge in [0.1, 0.15) is 5.82 Å². The van der Waals surface area contributed by atoms with Crippen molar-refractivity contribution in [3.8, 4) is 5.88 Å². The van der Waals surface area contributed by atoms with Crippen LogP contribution >= 0.6 is 0 Å². The highest BCUT2D eigenvalue weighted by Gasteiger charge is 2.36. The molecular weight excluding hydrogens is 311 g/mol. The molecule has 0 saturated carbocycles. The van der Waals surface area contributed by atoms with Crippen LogP contribution in [0.4, 0.5) is 4.39 Å². The summed E-state index contributed by atoms with van der Waals surface area (Å²) in [5, 5.41) is 10.0. The van der Waals surface area contributed by atoms with Crippen LogP contribution in [0.3, 0.4) is 0 Å². The number of ether oxygens (including phenoxy) is 1. The predicted molar refractivity (Wildman–Crippen MR) is 86.3 cm³/mol. The van der Waals surface area contributed by atoms with Gasteiger partial charge in [-0.1, -0.05) is 12.1 Å². The van der Waals surface area contributed by atoms with Gasteiger partial charge in [-0.3, -0.25) is 4.79 Å². The molecule has 2 atom stereocenters. The number of aliphatic hydroxyl groups is 1. The van der Waals surface area contributed by atoms with Crippen LogP contribution in [0.1, 0.15) is 34.1 Å². The highest BCUT2D eigenvalue weighted by molar-refractivity contribution is 5.95. The molecule has 0 unspecified atom stereocenters. The third kappa shape index (κ3) is 3.23. The van der Waals surface area contributed by atoms with Gasteiger partial charge in [0.2, 0.25) is 5.88 Å². The summed E-state index contributed by atoms with van der Waals surface area (Å²) in [5.74, 6) is -0.161. The SMILES string of the molecule is COc1cc(C(=O)N2C[C@@H](O)C[C@@H]2c2ccc(F)cc2)cc(C)n1. The number of likely N-dealkylation sites (tertiary alicyclic amines) is 1. The molecule has 2 heterocycles. The molecule has 1 N–H and O–H groups in total. The number of rotatable bonds is 3. The van der Waals surface area contributed by atoms with Crippen molar-refractivity contribution in [1.29, 1.82) is 0 Å². The normalized spacial score (nSPS) is 20.2. The van der Waals surface area contributed by atoms with Crippen molar-refractivity contribution in [2.45, 2.75) is 25.5 Å². The Kier molecular flexibility index (Phi) is 4.49. The van der Waals surface area contributed by atoms with Gasteiger partial charge in [-0.15, -0.1) is 0 Å². The van der Waals surface area contributed by atoms with Crippen molar-refractivity contribution in [3.63, 3.8) is 0 Å². The number of aryl methyl sites for hydroxylation is 1. The number of hydrogen-bond acceptors (Lipinski definition) is 4. The molecule has 1 aromatic heterocycles. The Morgan fingerprint density at radius 1 is 1.33 bits per heavy atom. The Balaban J connectivity index is 1.92. The molecule has 1 aliphatic heterocycles. The van der Waals surface area contributed by atoms with Crippen molar-refractivity contribution in [2.24, 2.45) is 0 Å². The number of carbonyl (C=O) groups excluding carboxylic acids is 1. The van der Waals surface area contributed by atoms with Crippen LogP contribution in [0.2, 0.25) is 0 Å². The Morgan fingerprint density at radius 2 is 2.04 bits per heavy atom. The van der Waals surface area contributed by atoms with Crippen molar-refractivity contribution < 1.29 is 19.0 Å². The van der Waals surface area contributed by atoms with Crippen LogP contribution < -0.4 is 4.74 Å². The molecule has 1 aromatic carbocycles. The van der Waals surface area contributed by atoms with Gasteiger partial charge >= 0.3 is 0 Å². The first-order chi connectivity index (χ1) is 11.5. The summed E-state index contributed by atoms with van der Waals surface area (Å²) in [6.07, 6.45) is -0.174. The topological polar surface area (TPSA) is 62.7 Å². The zero-order valence-electron chi connectivity index (χ0n) is 13.6. The van der Waals surface area contributed by atoms with Gasteiger partial charge in [0, 0.05) is 23.9 Å². The number of hydrogen-bond donors (Lipinski definition) is 1. The molecule has 1 saturated heterocycles. The number of nitrogens with zero attached hydrogens (tertiary/aromatic N) is 2. The maximum absolute atomic E-state index is 13.1. The smallest absolute Gasteiger partial charge is 0.254 e. The van der Waals surface area contributed by atoms with Gasteiger partial charge in [-0.25, -0.2) is 9.37 Å². The lowest BCUT2D eigenvalue weighted by Crippen LogP contribution is -2.32. The number of pyridine rings is 1. The van der Waals surface area contributed by atoms with E-state index < -0.39 is 6.10 Å². The van der Waals surface area contributed by atoms with E-state index >= 15 is 0 Å². The summed E-state index contributed by atoms with van der Waals surface area (Å²) in [5.41, 5.74) is 1.94. The fourth-order valence-electron chi connectivity index (χ4n) is 3.07. The summed E-state index contributed by atoms with van der Waals surface area (Å²) in [6, 6.07) is 9.02. The van der Waals surface area contributed by atoms with Gasteiger partial charge in [-0.05, 0) is 37.1 Å². The summed E-state index contributed by atoms with van der Waals surface area (Å²) < 4.78 is 18.3. The second-order valence-corrected chi connectivity index (χ2v) is 5.95. The monoisotopic (exact) mass is 330 g/mol. The van der Waals surface area contributed by atoms with E-state index in [1.54, 1.807) is 36.1 Å². The summed E-state index contributed by atoms with van der Waals surface area (Å²) in [6.45, 7) is 2.03. The van der Waals surface area contributed by atoms with Crippen molar-refractivity contribution in [2.75, 3.05) is 13.7 Å². The average Bonchev–Trinajstić information content (AvgIpc) is 2.96. The van der Waals surface area contributed by atoms with Crippen LogP contribution in [0.5, 0.6) is 5.88 Å². The van der Waals surface area contributed by atoms with E-state index in [9.17, 15) is 14.3 Å². The second-order valence-electron chi connectivity index (χ2n) is 5.95. The van der Waals surface area contributed by atoms with Crippen LogP contribution in [0.15, 0.2) is 36.4 Å². The highest BCUT2D eigenvalue weighted by atomic mass is 19.1. The first kappa shape index (κ1) is 16.4. The standard InChI is InChI=1S/C18H19FN2O3/c1-11-7-13(8-17(20-11)24-2)18(23)21-10-15(22)9-16(21)12-3-5-14(19)6-4-12/h3-8,15-16,22H,9-10H2,1-2H3/t15-,16+/m0/s1. The number of methoxy groups -OCH3 is 1. The van der Waals surface area contributed by atoms with Crippen molar-refractivity contribution in [3.05, 3.63) is 59.0 Å². The lowest BCUT2D eigenvalue weighted by Gasteiger charge is -2.25. The van der Waals surface area contributed by atoms with E-state index in [-0.39, 0.29) is 24.3 Å². The number of aliphatic hydroxyl groups excluding tert-OH is 1. The van der Waals surface area contributed by atoms with E-state index in [0.29, 0.717) is 23.6 Å². The number of halogens is 1. The Labute approximate surface area is 139 Å². The number of carbonyl (C=O) groups is 1. The zero-order chi connectivity index (χ0) is 17.3. The van der Waals surface area contributed by atoms with Gasteiger partial charge < -0.3 is 14.7 Å². The van der Waals surface area contributed by atoms with Gasteiger partial charge in [0.25, 0.3) is 5.91 Å². The molecule has 1 amide bonds. The maximum atomic E-state index is 13.1. The summed E-state index contributed by atoms with van der Waals surface area (Å²) >= 11 is 0. The van der Waals surface area contributed by atoms with Gasteiger partial charge in [0.15, 0.2) is 0 Å². The summed E-state index contributed by atoms with van der Waals surface area (Å²) in [7, 11) is 1.50. The Bertz CT molecular complexity index is 748. The minimum atomic E-state index is -0.603.